The third-order valence-electron chi connectivity index (χ3n) is 1.96. The van der Waals surface area contributed by atoms with Crippen molar-refractivity contribution in [3.63, 3.8) is 0 Å². The average Bonchev–Trinajstić information content (AvgIpc) is 2.15. The summed E-state index contributed by atoms with van der Waals surface area (Å²) in [5, 5.41) is 0. The highest BCUT2D eigenvalue weighted by Gasteiger charge is 2.12. The molecule has 82 valence electrons. The second kappa shape index (κ2) is 5.26. The van der Waals surface area contributed by atoms with Gasteiger partial charge in [0.15, 0.2) is 0 Å². The molecular weight excluding hydrogens is 256 g/mol. The molecule has 0 unspecified atom stereocenters. The van der Waals surface area contributed by atoms with Crippen LogP contribution in [0.15, 0.2) is 22.9 Å². The van der Waals surface area contributed by atoms with Crippen LogP contribution in [-0.2, 0) is 0 Å². The summed E-state index contributed by atoms with van der Waals surface area (Å²) < 4.78 is 0.686. The Labute approximate surface area is 98.6 Å². The maximum atomic E-state index is 11.9. The predicted octanol–water partition coefficient (Wildman–Crippen LogP) is 2.57. The first-order valence-corrected chi connectivity index (χ1v) is 5.67. The smallest absolute Gasteiger partial charge is 0.253 e. The number of amides is 1. The van der Waals surface area contributed by atoms with E-state index >= 15 is 0 Å². The molecular formula is C11H15BrN2O. The molecule has 1 aromatic heterocycles. The summed E-state index contributed by atoms with van der Waals surface area (Å²) in [6, 6.07) is 3.46. The lowest BCUT2D eigenvalue weighted by molar-refractivity contribution is 0.0779. The highest BCUT2D eigenvalue weighted by molar-refractivity contribution is 9.10. The van der Waals surface area contributed by atoms with Gasteiger partial charge in [0.1, 0.15) is 4.60 Å². The van der Waals surface area contributed by atoms with E-state index < -0.39 is 0 Å². The summed E-state index contributed by atoms with van der Waals surface area (Å²) in [5.74, 6) is 0.510. The second-order valence-electron chi connectivity index (χ2n) is 3.95. The lowest BCUT2D eigenvalue weighted by atomic mass is 10.2. The zero-order chi connectivity index (χ0) is 11.4. The molecule has 15 heavy (non-hydrogen) atoms. The topological polar surface area (TPSA) is 33.2 Å². The van der Waals surface area contributed by atoms with E-state index in [0.29, 0.717) is 16.1 Å². The summed E-state index contributed by atoms with van der Waals surface area (Å²) in [6.07, 6.45) is 1.63. The van der Waals surface area contributed by atoms with E-state index in [-0.39, 0.29) is 5.91 Å². The van der Waals surface area contributed by atoms with Crippen LogP contribution in [0, 0.1) is 5.92 Å². The van der Waals surface area contributed by atoms with Crippen LogP contribution in [0.2, 0.25) is 0 Å². The second-order valence-corrected chi connectivity index (χ2v) is 4.76. The maximum absolute atomic E-state index is 11.9. The van der Waals surface area contributed by atoms with Gasteiger partial charge in [0.25, 0.3) is 5.91 Å². The number of rotatable bonds is 3. The molecule has 3 nitrogen and oxygen atoms in total. The van der Waals surface area contributed by atoms with Gasteiger partial charge in [-0.2, -0.15) is 0 Å². The van der Waals surface area contributed by atoms with Gasteiger partial charge in [0.05, 0.1) is 0 Å². The van der Waals surface area contributed by atoms with Crippen molar-refractivity contribution in [1.29, 1.82) is 0 Å². The number of hydrogen-bond acceptors (Lipinski definition) is 2. The SMILES string of the molecule is CC(C)CN(C)C(=O)c1ccnc(Br)c1. The largest absolute Gasteiger partial charge is 0.341 e. The molecule has 0 aliphatic rings. The minimum atomic E-state index is 0.0341. The fourth-order valence-corrected chi connectivity index (χ4v) is 1.75. The first kappa shape index (κ1) is 12.2. The fourth-order valence-electron chi connectivity index (χ4n) is 1.39. The molecule has 0 aliphatic carbocycles. The van der Waals surface area contributed by atoms with Gasteiger partial charge in [0.2, 0.25) is 0 Å². The Morgan fingerprint density at radius 2 is 2.27 bits per heavy atom. The zero-order valence-electron chi connectivity index (χ0n) is 9.20. The van der Waals surface area contributed by atoms with E-state index in [1.807, 2.05) is 7.05 Å². The Kier molecular flexibility index (Phi) is 4.27. The van der Waals surface area contributed by atoms with Crippen LogP contribution in [0.4, 0.5) is 0 Å². The van der Waals surface area contributed by atoms with Gasteiger partial charge in [-0.15, -0.1) is 0 Å². The molecule has 0 bridgehead atoms. The normalized spacial score (nSPS) is 10.5. The van der Waals surface area contributed by atoms with Gasteiger partial charge in [-0.05, 0) is 34.0 Å². The van der Waals surface area contributed by atoms with Crippen molar-refractivity contribution >= 4 is 21.8 Å². The summed E-state index contributed by atoms with van der Waals surface area (Å²) >= 11 is 3.25. The highest BCUT2D eigenvalue weighted by atomic mass is 79.9. The van der Waals surface area contributed by atoms with Gasteiger partial charge >= 0.3 is 0 Å². The first-order valence-electron chi connectivity index (χ1n) is 4.87. The van der Waals surface area contributed by atoms with Gasteiger partial charge in [0, 0.05) is 25.4 Å². The van der Waals surface area contributed by atoms with Gasteiger partial charge in [-0.3, -0.25) is 4.79 Å². The van der Waals surface area contributed by atoms with Gasteiger partial charge < -0.3 is 4.90 Å². The van der Waals surface area contributed by atoms with E-state index in [4.69, 9.17) is 0 Å². The summed E-state index contributed by atoms with van der Waals surface area (Å²) in [7, 11) is 1.82. The molecule has 0 radical (unpaired) electrons. The Bertz CT molecular complexity index is 352. The molecule has 0 aliphatic heterocycles. The van der Waals surface area contributed by atoms with Crippen molar-refractivity contribution in [3.8, 4) is 0 Å². The lowest BCUT2D eigenvalue weighted by Gasteiger charge is -2.19. The number of hydrogen-bond donors (Lipinski definition) is 0. The molecule has 0 saturated carbocycles. The molecule has 0 N–H and O–H groups in total. The molecule has 4 heteroatoms. The first-order chi connectivity index (χ1) is 7.00. The van der Waals surface area contributed by atoms with Crippen molar-refractivity contribution in [2.45, 2.75) is 13.8 Å². The van der Waals surface area contributed by atoms with Crippen molar-refractivity contribution < 1.29 is 4.79 Å². The van der Waals surface area contributed by atoms with Crippen molar-refractivity contribution in [2.24, 2.45) is 5.92 Å². The standard InChI is InChI=1S/C11H15BrN2O/c1-8(2)7-14(3)11(15)9-4-5-13-10(12)6-9/h4-6,8H,7H2,1-3H3. The average molecular weight is 271 g/mol. The van der Waals surface area contributed by atoms with Gasteiger partial charge in [-0.25, -0.2) is 4.98 Å². The van der Waals surface area contributed by atoms with E-state index in [2.05, 4.69) is 34.8 Å². The number of carbonyl (C=O) groups excluding carboxylic acids is 1. The summed E-state index contributed by atoms with van der Waals surface area (Å²) in [6.45, 7) is 4.94. The van der Waals surface area contributed by atoms with Gasteiger partial charge in [-0.1, -0.05) is 13.8 Å². The van der Waals surface area contributed by atoms with Crippen LogP contribution in [-0.4, -0.2) is 29.4 Å². The Morgan fingerprint density at radius 1 is 1.60 bits per heavy atom. The predicted molar refractivity (Wildman–Crippen MR) is 63.7 cm³/mol. The monoisotopic (exact) mass is 270 g/mol. The molecule has 1 aromatic rings. The molecule has 1 amide bonds. The maximum Gasteiger partial charge on any atom is 0.253 e. The Balaban J connectivity index is 2.76. The van der Waals surface area contributed by atoms with Crippen molar-refractivity contribution in [2.75, 3.05) is 13.6 Å². The molecule has 0 fully saturated rings. The molecule has 0 aromatic carbocycles. The van der Waals surface area contributed by atoms with Crippen LogP contribution >= 0.6 is 15.9 Å². The Morgan fingerprint density at radius 3 is 2.80 bits per heavy atom. The molecule has 1 rings (SSSR count). The van der Waals surface area contributed by atoms with E-state index in [0.717, 1.165) is 6.54 Å². The number of carbonyl (C=O) groups is 1. The third kappa shape index (κ3) is 3.63. The minimum Gasteiger partial charge on any atom is -0.341 e. The minimum absolute atomic E-state index is 0.0341. The van der Waals surface area contributed by atoms with Crippen LogP contribution in [0.5, 0.6) is 0 Å². The highest BCUT2D eigenvalue weighted by Crippen LogP contribution is 2.10. The van der Waals surface area contributed by atoms with Crippen molar-refractivity contribution in [1.82, 2.24) is 9.88 Å². The third-order valence-corrected chi connectivity index (χ3v) is 2.39. The summed E-state index contributed by atoms with van der Waals surface area (Å²) in [4.78, 5) is 17.6. The van der Waals surface area contributed by atoms with E-state index in [9.17, 15) is 4.79 Å². The lowest BCUT2D eigenvalue weighted by Crippen LogP contribution is -2.30. The van der Waals surface area contributed by atoms with E-state index in [1.54, 1.807) is 23.2 Å². The molecule has 0 saturated heterocycles. The molecule has 0 atom stereocenters. The van der Waals surface area contributed by atoms with Crippen LogP contribution in [0.25, 0.3) is 0 Å². The van der Waals surface area contributed by atoms with Crippen LogP contribution in [0.3, 0.4) is 0 Å². The quantitative estimate of drug-likeness (QED) is 0.791. The van der Waals surface area contributed by atoms with Crippen molar-refractivity contribution in [3.05, 3.63) is 28.5 Å². The number of halogens is 1. The zero-order valence-corrected chi connectivity index (χ0v) is 10.8. The number of pyridine rings is 1. The Hall–Kier alpha value is -0.900. The van der Waals surface area contributed by atoms with Crippen LogP contribution < -0.4 is 0 Å². The fraction of sp³-hybridized carbons (Fsp3) is 0.455. The van der Waals surface area contributed by atoms with E-state index in [1.165, 1.54) is 0 Å². The molecule has 0 spiro atoms. The van der Waals surface area contributed by atoms with Crippen LogP contribution in [0.1, 0.15) is 24.2 Å². The molecule has 1 heterocycles. The number of aromatic nitrogens is 1. The number of nitrogens with zero attached hydrogens (tertiary/aromatic N) is 2. The summed E-state index contributed by atoms with van der Waals surface area (Å²) in [5.41, 5.74) is 0.667.